The lowest BCUT2D eigenvalue weighted by atomic mass is 10.1. The number of piperazine rings is 1. The molecule has 2 aliphatic rings. The number of carbonyl (C=O) groups excluding carboxylic acids is 1. The molecule has 2 atom stereocenters. The molecule has 2 N–H and O–H groups in total. The van der Waals surface area contributed by atoms with E-state index in [0.717, 1.165) is 22.5 Å². The molecule has 0 radical (unpaired) electrons. The van der Waals surface area contributed by atoms with Gasteiger partial charge in [-0.1, -0.05) is 6.07 Å². The SMILES string of the molecule is Cl.NC[C@H]1CC[C@@H](C(=O)N2CCN(S(=O)(=O)c3c(F)cccc3F)CC2)O1. The van der Waals surface area contributed by atoms with Crippen molar-refractivity contribution in [2.45, 2.75) is 29.9 Å². The third kappa shape index (κ3) is 4.40. The maximum atomic E-state index is 13.8. The Morgan fingerprint density at radius 3 is 2.26 bits per heavy atom. The predicted octanol–water partition coefficient (Wildman–Crippen LogP) is 0.726. The molecule has 0 aliphatic carbocycles. The van der Waals surface area contributed by atoms with Crippen LogP contribution in [0.15, 0.2) is 23.1 Å². The minimum atomic E-state index is -4.31. The van der Waals surface area contributed by atoms with Crippen molar-refractivity contribution in [3.8, 4) is 0 Å². The first-order valence-electron chi connectivity index (χ1n) is 8.43. The lowest BCUT2D eigenvalue weighted by molar-refractivity contribution is -0.143. The topological polar surface area (TPSA) is 92.9 Å². The van der Waals surface area contributed by atoms with Crippen LogP contribution in [0.5, 0.6) is 0 Å². The first-order valence-corrected chi connectivity index (χ1v) is 9.87. The molecule has 1 aromatic carbocycles. The molecule has 11 heteroatoms. The highest BCUT2D eigenvalue weighted by Gasteiger charge is 2.37. The van der Waals surface area contributed by atoms with E-state index >= 15 is 0 Å². The van der Waals surface area contributed by atoms with Crippen LogP contribution >= 0.6 is 12.4 Å². The average Bonchev–Trinajstić information content (AvgIpc) is 3.10. The molecule has 3 rings (SSSR count). The zero-order valence-corrected chi connectivity index (χ0v) is 16.1. The highest BCUT2D eigenvalue weighted by Crippen LogP contribution is 2.25. The van der Waals surface area contributed by atoms with Gasteiger partial charge in [-0.05, 0) is 25.0 Å². The molecule has 2 heterocycles. The smallest absolute Gasteiger partial charge is 0.251 e. The molecule has 0 unspecified atom stereocenters. The van der Waals surface area contributed by atoms with E-state index in [4.69, 9.17) is 10.5 Å². The summed E-state index contributed by atoms with van der Waals surface area (Å²) in [6.45, 7) is 0.566. The zero-order chi connectivity index (χ0) is 18.9. The number of nitrogens with zero attached hydrogens (tertiary/aromatic N) is 2. The number of nitrogens with two attached hydrogens (primary N) is 1. The number of benzene rings is 1. The van der Waals surface area contributed by atoms with Gasteiger partial charge in [0.15, 0.2) is 4.90 Å². The molecule has 7 nitrogen and oxygen atoms in total. The van der Waals surface area contributed by atoms with Crippen LogP contribution in [0.2, 0.25) is 0 Å². The second-order valence-corrected chi connectivity index (χ2v) is 8.21. The lowest BCUT2D eigenvalue weighted by Crippen LogP contribution is -2.53. The molecule has 1 aromatic rings. The Morgan fingerprint density at radius 1 is 1.15 bits per heavy atom. The van der Waals surface area contributed by atoms with Crippen molar-refractivity contribution in [2.75, 3.05) is 32.7 Å². The first-order chi connectivity index (χ1) is 12.3. The molecular formula is C16H22ClF2N3O4S. The second kappa shape index (κ2) is 8.78. The summed E-state index contributed by atoms with van der Waals surface area (Å²) in [7, 11) is -4.31. The maximum Gasteiger partial charge on any atom is 0.251 e. The van der Waals surface area contributed by atoms with E-state index in [1.807, 2.05) is 0 Å². The summed E-state index contributed by atoms with van der Waals surface area (Å²) in [5.41, 5.74) is 5.54. The number of ether oxygens (including phenoxy) is 1. The molecule has 0 saturated carbocycles. The Balaban J connectivity index is 0.00000261. The van der Waals surface area contributed by atoms with Crippen LogP contribution in [-0.2, 0) is 19.6 Å². The second-order valence-electron chi connectivity index (χ2n) is 6.34. The summed E-state index contributed by atoms with van der Waals surface area (Å²) in [6.07, 6.45) is 0.610. The van der Waals surface area contributed by atoms with Crippen LogP contribution in [-0.4, -0.2) is 68.5 Å². The van der Waals surface area contributed by atoms with Crippen LogP contribution in [0.4, 0.5) is 8.78 Å². The summed E-state index contributed by atoms with van der Waals surface area (Å²) in [4.78, 5) is 13.0. The molecule has 2 aliphatic heterocycles. The molecule has 1 amide bonds. The summed E-state index contributed by atoms with van der Waals surface area (Å²) < 4.78 is 59.4. The Kier molecular flexibility index (Phi) is 7.14. The lowest BCUT2D eigenvalue weighted by Gasteiger charge is -2.35. The fourth-order valence-corrected chi connectivity index (χ4v) is 4.80. The van der Waals surface area contributed by atoms with E-state index in [1.165, 1.54) is 4.90 Å². The molecule has 152 valence electrons. The Morgan fingerprint density at radius 2 is 1.74 bits per heavy atom. The number of carbonyl (C=O) groups is 1. The van der Waals surface area contributed by atoms with Crippen molar-refractivity contribution in [3.63, 3.8) is 0 Å². The normalized spacial score (nSPS) is 23.9. The number of hydrogen-bond acceptors (Lipinski definition) is 5. The van der Waals surface area contributed by atoms with Gasteiger partial charge in [0.1, 0.15) is 17.7 Å². The summed E-state index contributed by atoms with van der Waals surface area (Å²) >= 11 is 0. The Hall–Kier alpha value is -1.33. The van der Waals surface area contributed by atoms with E-state index in [9.17, 15) is 22.0 Å². The summed E-state index contributed by atoms with van der Waals surface area (Å²) in [5.74, 6) is -2.46. The fourth-order valence-electron chi connectivity index (χ4n) is 3.27. The van der Waals surface area contributed by atoms with Crippen molar-refractivity contribution < 1.29 is 26.7 Å². The number of rotatable bonds is 4. The van der Waals surface area contributed by atoms with Crippen LogP contribution in [0.3, 0.4) is 0 Å². The van der Waals surface area contributed by atoms with E-state index in [2.05, 4.69) is 0 Å². The van der Waals surface area contributed by atoms with Gasteiger partial charge in [0.05, 0.1) is 6.10 Å². The highest BCUT2D eigenvalue weighted by molar-refractivity contribution is 7.89. The summed E-state index contributed by atoms with van der Waals surface area (Å²) in [6, 6.07) is 2.92. The van der Waals surface area contributed by atoms with E-state index in [1.54, 1.807) is 0 Å². The monoisotopic (exact) mass is 425 g/mol. The van der Waals surface area contributed by atoms with Crippen molar-refractivity contribution >= 4 is 28.3 Å². The van der Waals surface area contributed by atoms with Crippen molar-refractivity contribution in [3.05, 3.63) is 29.8 Å². The maximum absolute atomic E-state index is 13.8. The van der Waals surface area contributed by atoms with Crippen LogP contribution in [0.1, 0.15) is 12.8 Å². The quantitative estimate of drug-likeness (QED) is 0.767. The van der Waals surface area contributed by atoms with Crippen LogP contribution in [0.25, 0.3) is 0 Å². The molecule has 0 aromatic heterocycles. The molecule has 2 fully saturated rings. The first kappa shape index (κ1) is 22.0. The highest BCUT2D eigenvalue weighted by atomic mass is 35.5. The zero-order valence-electron chi connectivity index (χ0n) is 14.5. The number of halogens is 3. The van der Waals surface area contributed by atoms with Gasteiger partial charge in [0, 0.05) is 32.7 Å². The number of hydrogen-bond donors (Lipinski definition) is 1. The van der Waals surface area contributed by atoms with Crippen molar-refractivity contribution in [1.29, 1.82) is 0 Å². The van der Waals surface area contributed by atoms with Gasteiger partial charge < -0.3 is 15.4 Å². The molecule has 0 bridgehead atoms. The van der Waals surface area contributed by atoms with E-state index < -0.39 is 32.7 Å². The minimum absolute atomic E-state index is 0. The van der Waals surface area contributed by atoms with Gasteiger partial charge in [0.25, 0.3) is 5.91 Å². The predicted molar refractivity (Wildman–Crippen MR) is 95.9 cm³/mol. The minimum Gasteiger partial charge on any atom is -0.364 e. The standard InChI is InChI=1S/C16H21F2N3O4S.ClH/c17-12-2-1-3-13(18)15(12)26(23,24)21-8-6-20(7-9-21)16(22)14-5-4-11(10-19)25-14;/h1-3,11,14H,4-10,19H2;1H/t11-,14+;/m1./s1. The number of amides is 1. The molecule has 0 spiro atoms. The third-order valence-corrected chi connectivity index (χ3v) is 6.66. The molecule has 2 saturated heterocycles. The van der Waals surface area contributed by atoms with Crippen LogP contribution in [0, 0.1) is 11.6 Å². The Labute approximate surface area is 162 Å². The van der Waals surface area contributed by atoms with Crippen molar-refractivity contribution in [2.24, 2.45) is 5.73 Å². The van der Waals surface area contributed by atoms with Crippen molar-refractivity contribution in [1.82, 2.24) is 9.21 Å². The average molecular weight is 426 g/mol. The van der Waals surface area contributed by atoms with Gasteiger partial charge in [-0.15, -0.1) is 12.4 Å². The fraction of sp³-hybridized carbons (Fsp3) is 0.562. The van der Waals surface area contributed by atoms with Crippen LogP contribution < -0.4 is 5.73 Å². The third-order valence-electron chi connectivity index (χ3n) is 4.71. The van der Waals surface area contributed by atoms with Gasteiger partial charge in [0.2, 0.25) is 10.0 Å². The van der Waals surface area contributed by atoms with E-state index in [0.29, 0.717) is 19.4 Å². The van der Waals surface area contributed by atoms with Gasteiger partial charge in [-0.3, -0.25) is 4.79 Å². The largest absolute Gasteiger partial charge is 0.364 e. The number of sulfonamides is 1. The van der Waals surface area contributed by atoms with E-state index in [-0.39, 0.29) is 50.6 Å². The molecule has 27 heavy (non-hydrogen) atoms. The van der Waals surface area contributed by atoms with Gasteiger partial charge >= 0.3 is 0 Å². The van der Waals surface area contributed by atoms with Gasteiger partial charge in [-0.2, -0.15) is 4.31 Å². The van der Waals surface area contributed by atoms with Gasteiger partial charge in [-0.25, -0.2) is 17.2 Å². The summed E-state index contributed by atoms with van der Waals surface area (Å²) in [5, 5.41) is 0. The molecular weight excluding hydrogens is 404 g/mol. The Bertz CT molecular complexity index is 768.